The molecule has 1 fully saturated rings. The quantitative estimate of drug-likeness (QED) is 0.521. The maximum Gasteiger partial charge on any atom is 0.395 e. The van der Waals surface area contributed by atoms with Crippen molar-refractivity contribution in [1.29, 1.82) is 0 Å². The van der Waals surface area contributed by atoms with Crippen molar-refractivity contribution in [2.75, 3.05) is 20.6 Å². The number of benzene rings is 1. The molecule has 34 heavy (non-hydrogen) atoms. The van der Waals surface area contributed by atoms with E-state index in [0.717, 1.165) is 5.56 Å². The summed E-state index contributed by atoms with van der Waals surface area (Å²) < 4.78 is 41.6. The zero-order valence-electron chi connectivity index (χ0n) is 19.0. The van der Waals surface area contributed by atoms with Crippen LogP contribution in [0.15, 0.2) is 42.7 Å². The first-order valence-electron chi connectivity index (χ1n) is 10.9. The van der Waals surface area contributed by atoms with Gasteiger partial charge in [-0.1, -0.05) is 23.7 Å². The van der Waals surface area contributed by atoms with E-state index in [0.29, 0.717) is 22.6 Å². The van der Waals surface area contributed by atoms with Crippen LogP contribution in [0.5, 0.6) is 0 Å². The first-order valence-corrected chi connectivity index (χ1v) is 11.3. The standard InChI is InChI=1S/C24H28ClF3N4O2/c1-32(2)18(10-15-5-6-16(22(29)34)11-20(15)25)14-31-21(33)12-19(17-4-3-9-30-13-17)23(7-8-23)24(26,27)28/h3-6,9,11,13,18-19H,7-8,10,12,14H2,1-2H3,(H2,29,34)(H,31,33). The summed E-state index contributed by atoms with van der Waals surface area (Å²) in [6.45, 7) is 0.221. The zero-order chi connectivity index (χ0) is 25.1. The molecule has 1 aliphatic carbocycles. The van der Waals surface area contributed by atoms with E-state index in [4.69, 9.17) is 17.3 Å². The van der Waals surface area contributed by atoms with E-state index < -0.39 is 29.3 Å². The summed E-state index contributed by atoms with van der Waals surface area (Å²) in [4.78, 5) is 30.0. The number of nitrogens with zero attached hydrogens (tertiary/aromatic N) is 2. The van der Waals surface area contributed by atoms with E-state index in [1.807, 2.05) is 19.0 Å². The topological polar surface area (TPSA) is 88.3 Å². The maximum absolute atomic E-state index is 13.9. The number of nitrogens with one attached hydrogen (secondary N) is 1. The van der Waals surface area contributed by atoms with Gasteiger partial charge < -0.3 is 16.0 Å². The Kier molecular flexibility index (Phi) is 7.88. The van der Waals surface area contributed by atoms with E-state index >= 15 is 0 Å². The van der Waals surface area contributed by atoms with Crippen LogP contribution in [-0.2, 0) is 11.2 Å². The van der Waals surface area contributed by atoms with Crippen LogP contribution < -0.4 is 11.1 Å². The van der Waals surface area contributed by atoms with Crippen LogP contribution in [0.25, 0.3) is 0 Å². The highest BCUT2D eigenvalue weighted by Crippen LogP contribution is 2.66. The summed E-state index contributed by atoms with van der Waals surface area (Å²) in [6, 6.07) is 7.79. The van der Waals surface area contributed by atoms with Gasteiger partial charge in [0.2, 0.25) is 11.8 Å². The van der Waals surface area contributed by atoms with Gasteiger partial charge in [0.25, 0.3) is 0 Å². The molecule has 1 saturated carbocycles. The Bertz CT molecular complexity index is 1030. The molecule has 6 nitrogen and oxygen atoms in total. The van der Waals surface area contributed by atoms with Crippen LogP contribution in [0.3, 0.4) is 0 Å². The van der Waals surface area contributed by atoms with E-state index in [2.05, 4.69) is 10.3 Å². The predicted molar refractivity (Wildman–Crippen MR) is 123 cm³/mol. The number of likely N-dealkylation sites (N-methyl/N-ethyl adjacent to an activating group) is 1. The molecule has 1 aromatic heterocycles. The van der Waals surface area contributed by atoms with Gasteiger partial charge in [-0.3, -0.25) is 14.6 Å². The molecular formula is C24H28ClF3N4O2. The molecule has 2 unspecified atom stereocenters. The van der Waals surface area contributed by atoms with Crippen LogP contribution in [0.1, 0.15) is 46.7 Å². The lowest BCUT2D eigenvalue weighted by Gasteiger charge is -2.30. The molecule has 0 radical (unpaired) electrons. The number of carbonyl (C=O) groups is 2. The third kappa shape index (κ3) is 5.88. The SMILES string of the molecule is CN(C)C(CNC(=O)CC(c1cccnc1)C1(C(F)(F)F)CC1)Cc1ccc(C(N)=O)cc1Cl. The third-order valence-electron chi connectivity index (χ3n) is 6.55. The van der Waals surface area contributed by atoms with Crippen molar-refractivity contribution in [2.24, 2.45) is 11.1 Å². The highest BCUT2D eigenvalue weighted by atomic mass is 35.5. The summed E-state index contributed by atoms with van der Waals surface area (Å²) >= 11 is 6.30. The number of amides is 2. The number of primary amides is 1. The number of rotatable bonds is 10. The largest absolute Gasteiger partial charge is 0.395 e. The second kappa shape index (κ2) is 10.3. The van der Waals surface area contributed by atoms with Crippen LogP contribution >= 0.6 is 11.6 Å². The highest BCUT2D eigenvalue weighted by Gasteiger charge is 2.67. The summed E-state index contributed by atoms with van der Waals surface area (Å²) in [5, 5.41) is 3.18. The summed E-state index contributed by atoms with van der Waals surface area (Å²) in [5.41, 5.74) is 4.87. The molecule has 0 saturated heterocycles. The van der Waals surface area contributed by atoms with Crippen molar-refractivity contribution in [3.05, 3.63) is 64.4 Å². The molecule has 10 heteroatoms. The fourth-order valence-electron chi connectivity index (χ4n) is 4.23. The lowest BCUT2D eigenvalue weighted by Crippen LogP contribution is -2.42. The monoisotopic (exact) mass is 496 g/mol. The smallest absolute Gasteiger partial charge is 0.366 e. The fraction of sp³-hybridized carbons (Fsp3) is 0.458. The van der Waals surface area contributed by atoms with E-state index in [1.54, 1.807) is 24.3 Å². The predicted octanol–water partition coefficient (Wildman–Crippen LogP) is 3.94. The number of carbonyl (C=O) groups excluding carboxylic acids is 2. The normalized spacial score (nSPS) is 16.7. The zero-order valence-corrected chi connectivity index (χ0v) is 19.8. The van der Waals surface area contributed by atoms with Crippen molar-refractivity contribution < 1.29 is 22.8 Å². The number of pyridine rings is 1. The van der Waals surface area contributed by atoms with Crippen molar-refractivity contribution >= 4 is 23.4 Å². The molecule has 2 atom stereocenters. The van der Waals surface area contributed by atoms with Crippen LogP contribution in [0.4, 0.5) is 13.2 Å². The Labute approximate surface area is 201 Å². The molecular weight excluding hydrogens is 469 g/mol. The van der Waals surface area contributed by atoms with E-state index in [-0.39, 0.29) is 31.8 Å². The summed E-state index contributed by atoms with van der Waals surface area (Å²) in [7, 11) is 3.67. The first-order chi connectivity index (χ1) is 15.9. The molecule has 1 heterocycles. The summed E-state index contributed by atoms with van der Waals surface area (Å²) in [5.74, 6) is -2.03. The van der Waals surface area contributed by atoms with E-state index in [1.165, 1.54) is 18.5 Å². The van der Waals surface area contributed by atoms with Gasteiger partial charge in [-0.15, -0.1) is 0 Å². The Hall–Kier alpha value is -2.65. The number of halogens is 4. The molecule has 2 aromatic rings. The molecule has 2 amide bonds. The minimum Gasteiger partial charge on any atom is -0.366 e. The van der Waals surface area contributed by atoms with Gasteiger partial charge >= 0.3 is 6.18 Å². The molecule has 0 spiro atoms. The Balaban J connectivity index is 1.69. The van der Waals surface area contributed by atoms with Crippen molar-refractivity contribution in [2.45, 2.75) is 43.8 Å². The third-order valence-corrected chi connectivity index (χ3v) is 6.91. The second-order valence-corrected chi connectivity index (χ2v) is 9.40. The van der Waals surface area contributed by atoms with Gasteiger partial charge in [0.15, 0.2) is 0 Å². The minimum atomic E-state index is -4.40. The van der Waals surface area contributed by atoms with Gasteiger partial charge in [-0.25, -0.2) is 0 Å². The summed E-state index contributed by atoms with van der Waals surface area (Å²) in [6.07, 6.45) is -1.30. The van der Waals surface area contributed by atoms with Crippen LogP contribution in [-0.4, -0.2) is 54.6 Å². The molecule has 0 aliphatic heterocycles. The van der Waals surface area contributed by atoms with Crippen molar-refractivity contribution in [1.82, 2.24) is 15.2 Å². The Morgan fingerprint density at radius 3 is 2.47 bits per heavy atom. The molecule has 1 aliphatic rings. The van der Waals surface area contributed by atoms with Crippen molar-refractivity contribution in [3.8, 4) is 0 Å². The van der Waals surface area contributed by atoms with Crippen LogP contribution in [0.2, 0.25) is 5.02 Å². The van der Waals surface area contributed by atoms with Gasteiger partial charge in [-0.05, 0) is 62.7 Å². The Morgan fingerprint density at radius 1 is 1.26 bits per heavy atom. The number of aromatic nitrogens is 1. The average molecular weight is 497 g/mol. The number of alkyl halides is 3. The number of hydrogen-bond acceptors (Lipinski definition) is 4. The fourth-order valence-corrected chi connectivity index (χ4v) is 4.48. The van der Waals surface area contributed by atoms with Gasteiger partial charge in [0.05, 0.1) is 5.41 Å². The molecule has 3 rings (SSSR count). The average Bonchev–Trinajstić information content (AvgIpc) is 3.58. The molecule has 184 valence electrons. The lowest BCUT2D eigenvalue weighted by molar-refractivity contribution is -0.194. The number of hydrogen-bond donors (Lipinski definition) is 2. The minimum absolute atomic E-state index is 0.00343. The van der Waals surface area contributed by atoms with Gasteiger partial charge in [-0.2, -0.15) is 13.2 Å². The van der Waals surface area contributed by atoms with Gasteiger partial charge in [0, 0.05) is 47.9 Å². The first kappa shape index (κ1) is 26.0. The van der Waals surface area contributed by atoms with E-state index in [9.17, 15) is 22.8 Å². The van der Waals surface area contributed by atoms with Crippen molar-refractivity contribution in [3.63, 3.8) is 0 Å². The maximum atomic E-state index is 13.9. The number of nitrogens with two attached hydrogens (primary N) is 1. The molecule has 0 bridgehead atoms. The Morgan fingerprint density at radius 2 is 1.97 bits per heavy atom. The molecule has 1 aromatic carbocycles. The highest BCUT2D eigenvalue weighted by molar-refractivity contribution is 6.31. The van der Waals surface area contributed by atoms with Crippen LogP contribution in [0, 0.1) is 5.41 Å². The lowest BCUT2D eigenvalue weighted by atomic mass is 9.80. The second-order valence-electron chi connectivity index (χ2n) is 8.99. The molecule has 3 N–H and O–H groups in total. The van der Waals surface area contributed by atoms with Gasteiger partial charge in [0.1, 0.15) is 0 Å².